The van der Waals surface area contributed by atoms with Gasteiger partial charge in [-0.25, -0.2) is 0 Å². The molecular formula is C11H21N3O. The van der Waals surface area contributed by atoms with Crippen molar-refractivity contribution in [3.05, 3.63) is 0 Å². The highest BCUT2D eigenvalue weighted by atomic mass is 16.3. The van der Waals surface area contributed by atoms with Gasteiger partial charge in [0.05, 0.1) is 6.61 Å². The number of rotatable bonds is 3. The highest BCUT2D eigenvalue weighted by Gasteiger charge is 2.33. The van der Waals surface area contributed by atoms with Gasteiger partial charge < -0.3 is 15.7 Å². The molecule has 0 radical (unpaired) electrons. The van der Waals surface area contributed by atoms with Crippen molar-refractivity contribution in [2.75, 3.05) is 26.2 Å². The van der Waals surface area contributed by atoms with Gasteiger partial charge in [-0.05, 0) is 19.3 Å². The molecule has 1 aliphatic heterocycles. The minimum atomic E-state index is 0.113. The van der Waals surface area contributed by atoms with Crippen molar-refractivity contribution in [2.24, 2.45) is 10.4 Å². The van der Waals surface area contributed by atoms with E-state index in [1.165, 1.54) is 12.8 Å². The van der Waals surface area contributed by atoms with Crippen LogP contribution in [0.3, 0.4) is 0 Å². The fourth-order valence-electron chi connectivity index (χ4n) is 2.44. The molecule has 4 heteroatoms. The summed E-state index contributed by atoms with van der Waals surface area (Å²) in [6.07, 6.45) is 5.91. The molecule has 1 heterocycles. The summed E-state index contributed by atoms with van der Waals surface area (Å²) in [5, 5.41) is 16.0. The van der Waals surface area contributed by atoms with Crippen LogP contribution in [0.15, 0.2) is 4.99 Å². The highest BCUT2D eigenvalue weighted by molar-refractivity contribution is 5.80. The normalized spacial score (nSPS) is 24.5. The first kappa shape index (κ1) is 10.7. The molecule has 0 atom stereocenters. The van der Waals surface area contributed by atoms with Crippen LogP contribution in [-0.4, -0.2) is 37.3 Å². The SMILES string of the molecule is OCC1(CNC2=NCCCN2)CCCC1. The second-order valence-electron chi connectivity index (χ2n) is 4.73. The van der Waals surface area contributed by atoms with Crippen molar-refractivity contribution in [2.45, 2.75) is 32.1 Å². The topological polar surface area (TPSA) is 56.6 Å². The summed E-state index contributed by atoms with van der Waals surface area (Å²) in [5.74, 6) is 0.918. The average Bonchev–Trinajstić information content (AvgIpc) is 2.77. The van der Waals surface area contributed by atoms with Crippen LogP contribution < -0.4 is 10.6 Å². The summed E-state index contributed by atoms with van der Waals surface area (Å²) in [6, 6.07) is 0. The molecule has 0 aromatic heterocycles. The lowest BCUT2D eigenvalue weighted by Crippen LogP contribution is -2.46. The molecule has 1 aliphatic carbocycles. The van der Waals surface area contributed by atoms with Crippen LogP contribution in [0.5, 0.6) is 0 Å². The number of guanidine groups is 1. The maximum Gasteiger partial charge on any atom is 0.191 e. The Morgan fingerprint density at radius 3 is 2.73 bits per heavy atom. The molecule has 4 nitrogen and oxygen atoms in total. The molecule has 15 heavy (non-hydrogen) atoms. The molecule has 2 aliphatic rings. The van der Waals surface area contributed by atoms with Crippen LogP contribution in [0.1, 0.15) is 32.1 Å². The van der Waals surface area contributed by atoms with Crippen molar-refractivity contribution in [1.82, 2.24) is 10.6 Å². The molecule has 0 bridgehead atoms. The van der Waals surface area contributed by atoms with E-state index in [1.54, 1.807) is 0 Å². The number of aliphatic hydroxyl groups excluding tert-OH is 1. The number of hydrogen-bond donors (Lipinski definition) is 3. The van der Waals surface area contributed by atoms with Crippen LogP contribution >= 0.6 is 0 Å². The lowest BCUT2D eigenvalue weighted by molar-refractivity contribution is 0.133. The number of aliphatic hydroxyl groups is 1. The van der Waals surface area contributed by atoms with E-state index in [9.17, 15) is 5.11 Å². The summed E-state index contributed by atoms with van der Waals surface area (Å²) >= 11 is 0. The Bertz CT molecular complexity index is 234. The zero-order valence-electron chi connectivity index (χ0n) is 9.26. The van der Waals surface area contributed by atoms with Crippen LogP contribution in [0, 0.1) is 5.41 Å². The minimum Gasteiger partial charge on any atom is -0.396 e. The predicted molar refractivity (Wildman–Crippen MR) is 60.9 cm³/mol. The van der Waals surface area contributed by atoms with Gasteiger partial charge in [-0.2, -0.15) is 0 Å². The Balaban J connectivity index is 1.82. The second kappa shape index (κ2) is 4.84. The van der Waals surface area contributed by atoms with Crippen LogP contribution in [-0.2, 0) is 0 Å². The van der Waals surface area contributed by atoms with E-state index in [0.29, 0.717) is 6.61 Å². The zero-order chi connectivity index (χ0) is 10.6. The molecule has 3 N–H and O–H groups in total. The van der Waals surface area contributed by atoms with Gasteiger partial charge in [-0.15, -0.1) is 0 Å². The summed E-state index contributed by atoms with van der Waals surface area (Å²) in [6.45, 7) is 3.09. The standard InChI is InChI=1S/C11H21N3O/c15-9-11(4-1-2-5-11)8-14-10-12-6-3-7-13-10/h15H,1-9H2,(H2,12,13,14). The van der Waals surface area contributed by atoms with Gasteiger partial charge in [0.2, 0.25) is 0 Å². The minimum absolute atomic E-state index is 0.113. The molecule has 0 aromatic carbocycles. The van der Waals surface area contributed by atoms with Crippen molar-refractivity contribution in [3.8, 4) is 0 Å². The Morgan fingerprint density at radius 1 is 1.33 bits per heavy atom. The maximum absolute atomic E-state index is 9.45. The van der Waals surface area contributed by atoms with Gasteiger partial charge >= 0.3 is 0 Å². The second-order valence-corrected chi connectivity index (χ2v) is 4.73. The fourth-order valence-corrected chi connectivity index (χ4v) is 2.44. The predicted octanol–water partition coefficient (Wildman–Crippen LogP) is 0.478. The molecule has 1 fully saturated rings. The number of nitrogens with zero attached hydrogens (tertiary/aromatic N) is 1. The van der Waals surface area contributed by atoms with Crippen LogP contribution in [0.25, 0.3) is 0 Å². The molecular weight excluding hydrogens is 190 g/mol. The highest BCUT2D eigenvalue weighted by Crippen LogP contribution is 2.36. The van der Waals surface area contributed by atoms with Crippen molar-refractivity contribution < 1.29 is 5.11 Å². The number of nitrogens with one attached hydrogen (secondary N) is 2. The Kier molecular flexibility index (Phi) is 3.46. The van der Waals surface area contributed by atoms with E-state index in [2.05, 4.69) is 15.6 Å². The zero-order valence-corrected chi connectivity index (χ0v) is 9.26. The van der Waals surface area contributed by atoms with Crippen LogP contribution in [0.4, 0.5) is 0 Å². The first-order chi connectivity index (χ1) is 7.35. The fraction of sp³-hybridized carbons (Fsp3) is 0.909. The van der Waals surface area contributed by atoms with E-state index in [1.807, 2.05) is 0 Å². The summed E-state index contributed by atoms with van der Waals surface area (Å²) in [7, 11) is 0. The third-order valence-electron chi connectivity index (χ3n) is 3.53. The van der Waals surface area contributed by atoms with E-state index >= 15 is 0 Å². The van der Waals surface area contributed by atoms with E-state index in [0.717, 1.165) is 44.9 Å². The molecule has 1 saturated carbocycles. The van der Waals surface area contributed by atoms with Crippen LogP contribution in [0.2, 0.25) is 0 Å². The first-order valence-electron chi connectivity index (χ1n) is 5.98. The summed E-state index contributed by atoms with van der Waals surface area (Å²) in [5.41, 5.74) is 0.113. The molecule has 0 spiro atoms. The maximum atomic E-state index is 9.45. The van der Waals surface area contributed by atoms with Crippen molar-refractivity contribution in [1.29, 1.82) is 0 Å². The third kappa shape index (κ3) is 2.62. The third-order valence-corrected chi connectivity index (χ3v) is 3.53. The molecule has 0 aromatic rings. The Morgan fingerprint density at radius 2 is 2.13 bits per heavy atom. The quantitative estimate of drug-likeness (QED) is 0.636. The summed E-state index contributed by atoms with van der Waals surface area (Å²) < 4.78 is 0. The van der Waals surface area contributed by atoms with Gasteiger partial charge in [0, 0.05) is 25.0 Å². The van der Waals surface area contributed by atoms with Gasteiger partial charge in [-0.3, -0.25) is 4.99 Å². The molecule has 2 rings (SSSR count). The number of hydrogen-bond acceptors (Lipinski definition) is 4. The van der Waals surface area contributed by atoms with Gasteiger partial charge in [0.25, 0.3) is 0 Å². The van der Waals surface area contributed by atoms with E-state index in [-0.39, 0.29) is 5.41 Å². The van der Waals surface area contributed by atoms with Gasteiger partial charge in [0.15, 0.2) is 5.96 Å². The summed E-state index contributed by atoms with van der Waals surface area (Å²) in [4.78, 5) is 4.37. The van der Waals surface area contributed by atoms with Gasteiger partial charge in [-0.1, -0.05) is 12.8 Å². The Hall–Kier alpha value is -0.770. The lowest BCUT2D eigenvalue weighted by Gasteiger charge is -2.28. The molecule has 0 amide bonds. The van der Waals surface area contributed by atoms with E-state index < -0.39 is 0 Å². The molecule has 0 saturated heterocycles. The Labute approximate surface area is 91.2 Å². The largest absolute Gasteiger partial charge is 0.396 e. The monoisotopic (exact) mass is 211 g/mol. The molecule has 86 valence electrons. The van der Waals surface area contributed by atoms with Crippen molar-refractivity contribution >= 4 is 5.96 Å². The lowest BCUT2D eigenvalue weighted by atomic mass is 9.87. The van der Waals surface area contributed by atoms with E-state index in [4.69, 9.17) is 0 Å². The number of aliphatic imine (C=N–C) groups is 1. The average molecular weight is 211 g/mol. The van der Waals surface area contributed by atoms with Crippen molar-refractivity contribution in [3.63, 3.8) is 0 Å². The smallest absolute Gasteiger partial charge is 0.191 e. The molecule has 0 unspecified atom stereocenters. The first-order valence-corrected chi connectivity index (χ1v) is 5.98. The van der Waals surface area contributed by atoms with Gasteiger partial charge in [0.1, 0.15) is 0 Å².